The zero-order valence-corrected chi connectivity index (χ0v) is 23.1. The van der Waals surface area contributed by atoms with Crippen LogP contribution in [0.15, 0.2) is 48.8 Å². The van der Waals surface area contributed by atoms with Crippen LogP contribution in [0.4, 0.5) is 5.82 Å². The molecule has 0 saturated heterocycles. The quantitative estimate of drug-likeness (QED) is 0.433. The summed E-state index contributed by atoms with van der Waals surface area (Å²) in [6.07, 6.45) is 5.99. The number of carbonyl (C=O) groups is 1. The number of fused-ring (bicyclic) bond motifs is 3. The highest BCUT2D eigenvalue weighted by molar-refractivity contribution is 7.19. The maximum atomic E-state index is 13.4. The molecule has 3 heterocycles. The van der Waals surface area contributed by atoms with Crippen LogP contribution in [-0.4, -0.2) is 65.6 Å². The Morgan fingerprint density at radius 2 is 1.94 bits per heavy atom. The van der Waals surface area contributed by atoms with Crippen LogP contribution in [0.5, 0.6) is 0 Å². The molecule has 192 valence electrons. The van der Waals surface area contributed by atoms with Crippen LogP contribution >= 0.6 is 11.3 Å². The smallest absolute Gasteiger partial charge is 0.247 e. The fraction of sp³-hybridized carbons (Fsp3) is 0.464. The van der Waals surface area contributed by atoms with Gasteiger partial charge < -0.3 is 19.9 Å². The predicted molar refractivity (Wildman–Crippen MR) is 147 cm³/mol. The lowest BCUT2D eigenvalue weighted by atomic mass is 9.79. The molecule has 7 nitrogen and oxygen atoms in total. The van der Waals surface area contributed by atoms with Gasteiger partial charge in [-0.3, -0.25) is 4.79 Å². The summed E-state index contributed by atoms with van der Waals surface area (Å²) in [5.41, 5.74) is 1.48. The standard InChI is InChI=1S/C28H37N5O2S/c1-27(2)16-20-23-25(31-21(17-35-7)19-12-9-8-10-13-19)29-18-30-26(23)36-24(20)28(3,4)33(27)22(34)14-11-15-32(5)6/h8-14,18,21H,15-17H2,1-7H3,(H,29,30,31)/b14-11+/t21-/m1/s1. The molecule has 0 bridgehead atoms. The first-order chi connectivity index (χ1) is 17.1. The van der Waals surface area contributed by atoms with E-state index in [1.54, 1.807) is 30.8 Å². The monoisotopic (exact) mass is 507 g/mol. The van der Waals surface area contributed by atoms with E-state index in [9.17, 15) is 4.79 Å². The fourth-order valence-corrected chi connectivity index (χ4v) is 6.64. The number of hydrogen-bond acceptors (Lipinski definition) is 7. The third-order valence-corrected chi connectivity index (χ3v) is 8.17. The number of nitrogens with one attached hydrogen (secondary N) is 1. The van der Waals surface area contributed by atoms with Gasteiger partial charge in [-0.05, 0) is 59.3 Å². The van der Waals surface area contributed by atoms with Gasteiger partial charge >= 0.3 is 0 Å². The SMILES string of the molecule is COC[C@@H](Nc1ncnc2sc3c(c12)CC(C)(C)N(C(=O)/C=C/CN(C)C)C3(C)C)c1ccccc1. The van der Waals surface area contributed by atoms with Crippen LogP contribution in [-0.2, 0) is 21.5 Å². The average Bonchev–Trinajstić information content (AvgIpc) is 3.18. The van der Waals surface area contributed by atoms with Crippen LogP contribution in [0.2, 0.25) is 0 Å². The van der Waals surface area contributed by atoms with E-state index in [-0.39, 0.29) is 17.5 Å². The third-order valence-electron chi connectivity index (χ3n) is 6.71. The molecule has 3 aromatic rings. The summed E-state index contributed by atoms with van der Waals surface area (Å²) >= 11 is 1.66. The van der Waals surface area contributed by atoms with E-state index in [2.05, 4.69) is 55.1 Å². The van der Waals surface area contributed by atoms with E-state index >= 15 is 0 Å². The fourth-order valence-electron chi connectivity index (χ4n) is 5.38. The molecule has 36 heavy (non-hydrogen) atoms. The van der Waals surface area contributed by atoms with Crippen molar-refractivity contribution < 1.29 is 9.53 Å². The molecule has 0 spiro atoms. The van der Waals surface area contributed by atoms with Gasteiger partial charge in [-0.15, -0.1) is 11.3 Å². The Morgan fingerprint density at radius 3 is 2.61 bits per heavy atom. The van der Waals surface area contributed by atoms with Gasteiger partial charge in [0.2, 0.25) is 5.91 Å². The largest absolute Gasteiger partial charge is 0.382 e. The predicted octanol–water partition coefficient (Wildman–Crippen LogP) is 5.01. The lowest BCUT2D eigenvalue weighted by Crippen LogP contribution is -2.60. The van der Waals surface area contributed by atoms with Gasteiger partial charge in [-0.2, -0.15) is 0 Å². The number of carbonyl (C=O) groups excluding carboxylic acids is 1. The Kier molecular flexibility index (Phi) is 7.50. The van der Waals surface area contributed by atoms with Gasteiger partial charge in [-0.1, -0.05) is 36.4 Å². The molecule has 1 amide bonds. The van der Waals surface area contributed by atoms with Gasteiger partial charge in [-0.25, -0.2) is 9.97 Å². The summed E-state index contributed by atoms with van der Waals surface area (Å²) in [6.45, 7) is 9.81. The maximum Gasteiger partial charge on any atom is 0.247 e. The van der Waals surface area contributed by atoms with E-state index < -0.39 is 5.54 Å². The van der Waals surface area contributed by atoms with Crippen molar-refractivity contribution in [1.29, 1.82) is 0 Å². The van der Waals surface area contributed by atoms with Crippen LogP contribution in [0.25, 0.3) is 10.2 Å². The molecule has 1 aliphatic rings. The summed E-state index contributed by atoms with van der Waals surface area (Å²) < 4.78 is 5.53. The molecule has 0 unspecified atom stereocenters. The number of ether oxygens (including phenoxy) is 1. The first kappa shape index (κ1) is 26.3. The van der Waals surface area contributed by atoms with Crippen molar-refractivity contribution in [3.63, 3.8) is 0 Å². The molecule has 1 N–H and O–H groups in total. The molecule has 1 aliphatic heterocycles. The number of likely N-dealkylation sites (N-methyl/N-ethyl adjacent to an activating group) is 1. The number of rotatable bonds is 8. The Labute approximate surface area is 218 Å². The van der Waals surface area contributed by atoms with E-state index in [4.69, 9.17) is 4.74 Å². The van der Waals surface area contributed by atoms with Crippen molar-refractivity contribution in [2.24, 2.45) is 0 Å². The van der Waals surface area contributed by atoms with Crippen LogP contribution in [0, 0.1) is 0 Å². The summed E-state index contributed by atoms with van der Waals surface area (Å²) in [5.74, 6) is 0.837. The van der Waals surface area contributed by atoms with Crippen molar-refractivity contribution in [3.8, 4) is 0 Å². The number of benzene rings is 1. The Bertz CT molecular complexity index is 1250. The highest BCUT2D eigenvalue weighted by Crippen LogP contribution is 2.50. The number of methoxy groups -OCH3 is 1. The molecule has 4 rings (SSSR count). The zero-order valence-electron chi connectivity index (χ0n) is 22.3. The number of nitrogens with zero attached hydrogens (tertiary/aromatic N) is 4. The molecule has 0 saturated carbocycles. The van der Waals surface area contributed by atoms with Gasteiger partial charge in [0.1, 0.15) is 17.0 Å². The topological polar surface area (TPSA) is 70.6 Å². The highest BCUT2D eigenvalue weighted by atomic mass is 32.1. The number of anilines is 1. The summed E-state index contributed by atoms with van der Waals surface area (Å²) in [6, 6.07) is 10.2. The van der Waals surface area contributed by atoms with Gasteiger partial charge in [0, 0.05) is 30.1 Å². The minimum absolute atomic E-state index is 0.0311. The summed E-state index contributed by atoms with van der Waals surface area (Å²) in [7, 11) is 5.70. The van der Waals surface area contributed by atoms with Crippen molar-refractivity contribution in [2.75, 3.05) is 39.7 Å². The minimum atomic E-state index is -0.495. The molecule has 0 fully saturated rings. The van der Waals surface area contributed by atoms with Gasteiger partial charge in [0.25, 0.3) is 0 Å². The number of hydrogen-bond donors (Lipinski definition) is 1. The minimum Gasteiger partial charge on any atom is -0.382 e. The summed E-state index contributed by atoms with van der Waals surface area (Å²) in [4.78, 5) is 28.9. The first-order valence-corrected chi connectivity index (χ1v) is 13.1. The Morgan fingerprint density at radius 1 is 1.22 bits per heavy atom. The number of thiophene rings is 1. The second kappa shape index (κ2) is 10.3. The first-order valence-electron chi connectivity index (χ1n) is 12.3. The molecule has 1 atom stereocenters. The Balaban J connectivity index is 1.77. The number of aromatic nitrogens is 2. The van der Waals surface area contributed by atoms with E-state index in [0.29, 0.717) is 6.61 Å². The molecular weight excluding hydrogens is 470 g/mol. The third kappa shape index (κ3) is 5.03. The molecular formula is C28H37N5O2S. The molecule has 0 radical (unpaired) electrons. The van der Waals surface area contributed by atoms with Crippen molar-refractivity contribution in [2.45, 2.75) is 51.2 Å². The lowest BCUT2D eigenvalue weighted by Gasteiger charge is -2.52. The van der Waals surface area contributed by atoms with Crippen molar-refractivity contribution in [3.05, 3.63) is 64.8 Å². The van der Waals surface area contributed by atoms with E-state index in [1.165, 1.54) is 5.56 Å². The number of amides is 1. The van der Waals surface area contributed by atoms with E-state index in [1.807, 2.05) is 48.2 Å². The molecule has 8 heteroatoms. The van der Waals surface area contributed by atoms with E-state index in [0.717, 1.165) is 39.4 Å². The van der Waals surface area contributed by atoms with Crippen LogP contribution < -0.4 is 5.32 Å². The van der Waals surface area contributed by atoms with Crippen molar-refractivity contribution in [1.82, 2.24) is 19.8 Å². The van der Waals surface area contributed by atoms with Gasteiger partial charge in [0.15, 0.2) is 0 Å². The van der Waals surface area contributed by atoms with Gasteiger partial charge in [0.05, 0.1) is 23.6 Å². The summed E-state index contributed by atoms with van der Waals surface area (Å²) in [5, 5.41) is 4.68. The second-order valence-corrected chi connectivity index (χ2v) is 11.8. The average molecular weight is 508 g/mol. The van der Waals surface area contributed by atoms with Crippen LogP contribution in [0.1, 0.15) is 49.7 Å². The molecule has 1 aromatic carbocycles. The zero-order chi connectivity index (χ0) is 26.1. The maximum absolute atomic E-state index is 13.4. The second-order valence-electron chi connectivity index (χ2n) is 10.8. The van der Waals surface area contributed by atoms with Crippen molar-refractivity contribution >= 4 is 33.3 Å². The van der Waals surface area contributed by atoms with Crippen LogP contribution in [0.3, 0.4) is 0 Å². The molecule has 0 aliphatic carbocycles. The Hall–Kier alpha value is -2.81. The highest BCUT2D eigenvalue weighted by Gasteiger charge is 2.48. The molecule has 2 aromatic heterocycles. The lowest BCUT2D eigenvalue weighted by molar-refractivity contribution is -0.140. The normalized spacial score (nSPS) is 17.5.